The maximum Gasteiger partial charge on any atom is 0.191 e. The molecule has 0 amide bonds. The van der Waals surface area contributed by atoms with E-state index in [0.717, 1.165) is 23.8 Å². The Hall–Kier alpha value is -2.44. The molecule has 0 atom stereocenters. The van der Waals surface area contributed by atoms with Gasteiger partial charge in [-0.1, -0.05) is 26.0 Å². The molecule has 0 fully saturated rings. The number of hydrogen-bond acceptors (Lipinski definition) is 3. The van der Waals surface area contributed by atoms with Gasteiger partial charge in [0.1, 0.15) is 18.2 Å². The van der Waals surface area contributed by atoms with Gasteiger partial charge in [-0.15, -0.1) is 10.2 Å². The van der Waals surface area contributed by atoms with Crippen LogP contribution in [0.1, 0.15) is 38.0 Å². The Morgan fingerprint density at radius 3 is 2.64 bits per heavy atom. The van der Waals surface area contributed by atoms with Gasteiger partial charge in [0, 0.05) is 25.6 Å². The van der Waals surface area contributed by atoms with Crippen molar-refractivity contribution < 1.29 is 4.39 Å². The third-order valence-electron chi connectivity index (χ3n) is 4.21. The van der Waals surface area contributed by atoms with Crippen LogP contribution in [-0.2, 0) is 19.0 Å². The van der Waals surface area contributed by atoms with E-state index >= 15 is 0 Å². The summed E-state index contributed by atoms with van der Waals surface area (Å²) in [5.74, 6) is 2.14. The quantitative estimate of drug-likeness (QED) is 0.622. The molecule has 1 heterocycles. The lowest BCUT2D eigenvalue weighted by Gasteiger charge is -2.26. The van der Waals surface area contributed by atoms with Gasteiger partial charge in [0.2, 0.25) is 0 Å². The van der Waals surface area contributed by atoms with Crippen molar-refractivity contribution in [3.63, 3.8) is 0 Å². The van der Waals surface area contributed by atoms with E-state index in [0.29, 0.717) is 19.0 Å². The zero-order valence-corrected chi connectivity index (χ0v) is 15.6. The Morgan fingerprint density at radius 2 is 2.04 bits per heavy atom. The number of guanidine groups is 1. The fourth-order valence-corrected chi connectivity index (χ4v) is 2.40. The molecular formula is C18H27FN6. The monoisotopic (exact) mass is 346 g/mol. The molecule has 7 heteroatoms. The average molecular weight is 346 g/mol. The summed E-state index contributed by atoms with van der Waals surface area (Å²) in [4.78, 5) is 4.57. The minimum Gasteiger partial charge on any atom is -0.357 e. The van der Waals surface area contributed by atoms with E-state index in [1.807, 2.05) is 31.5 Å². The molecule has 2 rings (SSSR count). The summed E-state index contributed by atoms with van der Waals surface area (Å²) in [7, 11) is 1.92. The molecule has 0 spiro atoms. The fourth-order valence-electron chi connectivity index (χ4n) is 2.40. The zero-order valence-electron chi connectivity index (χ0n) is 15.6. The lowest BCUT2D eigenvalue weighted by atomic mass is 9.84. The number of hydrogen-bond donors (Lipinski definition) is 2. The molecule has 0 aliphatic rings. The van der Waals surface area contributed by atoms with Gasteiger partial charge >= 0.3 is 0 Å². The zero-order chi connectivity index (χ0) is 18.4. The fraction of sp³-hybridized carbons (Fsp3) is 0.500. The van der Waals surface area contributed by atoms with Crippen LogP contribution in [0.3, 0.4) is 0 Å². The molecule has 0 aliphatic heterocycles. The lowest BCUT2D eigenvalue weighted by molar-refractivity contribution is 0.503. The molecule has 0 bridgehead atoms. The maximum absolute atomic E-state index is 13.5. The van der Waals surface area contributed by atoms with Crippen LogP contribution in [0.5, 0.6) is 0 Å². The van der Waals surface area contributed by atoms with Crippen LogP contribution in [0.15, 0.2) is 29.3 Å². The summed E-state index contributed by atoms with van der Waals surface area (Å²) in [5, 5.41) is 14.7. The number of aromatic nitrogens is 3. The molecule has 1 aromatic heterocycles. The predicted molar refractivity (Wildman–Crippen MR) is 98.0 cm³/mol. The highest BCUT2D eigenvalue weighted by Crippen LogP contribution is 2.22. The van der Waals surface area contributed by atoms with Crippen LogP contribution < -0.4 is 10.6 Å². The third kappa shape index (κ3) is 5.01. The van der Waals surface area contributed by atoms with Crippen LogP contribution in [0.2, 0.25) is 0 Å². The first-order valence-electron chi connectivity index (χ1n) is 8.46. The molecule has 25 heavy (non-hydrogen) atoms. The largest absolute Gasteiger partial charge is 0.357 e. The SMILES string of the molecule is CCNC(=NCc1nnc(C)n1C)NCC(C)(C)c1cccc(F)c1. The minimum atomic E-state index is -0.236. The highest BCUT2D eigenvalue weighted by atomic mass is 19.1. The van der Waals surface area contributed by atoms with E-state index in [4.69, 9.17) is 0 Å². The topological polar surface area (TPSA) is 67.1 Å². The van der Waals surface area contributed by atoms with Gasteiger partial charge in [-0.05, 0) is 31.5 Å². The first-order chi connectivity index (χ1) is 11.8. The molecule has 1 aromatic carbocycles. The predicted octanol–water partition coefficient (Wildman–Crippen LogP) is 2.30. The second-order valence-electron chi connectivity index (χ2n) is 6.67. The summed E-state index contributed by atoms with van der Waals surface area (Å²) in [6.45, 7) is 9.89. The summed E-state index contributed by atoms with van der Waals surface area (Å²) in [6, 6.07) is 6.72. The molecule has 0 aliphatic carbocycles. The maximum atomic E-state index is 13.5. The molecule has 2 aromatic rings. The standard InChI is InChI=1S/C18H27FN6/c1-6-20-17(21-11-16-24-23-13(2)25(16)5)22-12-18(3,4)14-8-7-9-15(19)10-14/h7-10H,6,11-12H2,1-5H3,(H2,20,21,22). The molecule has 0 saturated carbocycles. The highest BCUT2D eigenvalue weighted by Gasteiger charge is 2.21. The van der Waals surface area contributed by atoms with Crippen molar-refractivity contribution in [3.05, 3.63) is 47.3 Å². The van der Waals surface area contributed by atoms with Crippen molar-refractivity contribution in [3.8, 4) is 0 Å². The van der Waals surface area contributed by atoms with Crippen molar-refractivity contribution in [2.24, 2.45) is 12.0 Å². The average Bonchev–Trinajstić information content (AvgIpc) is 2.89. The number of benzene rings is 1. The van der Waals surface area contributed by atoms with E-state index in [1.54, 1.807) is 12.1 Å². The minimum absolute atomic E-state index is 0.219. The van der Waals surface area contributed by atoms with Gasteiger partial charge in [0.05, 0.1) is 0 Å². The van der Waals surface area contributed by atoms with E-state index in [2.05, 4.69) is 39.7 Å². The number of rotatable bonds is 6. The van der Waals surface area contributed by atoms with Crippen LogP contribution in [0.25, 0.3) is 0 Å². The van der Waals surface area contributed by atoms with Crippen LogP contribution in [0.4, 0.5) is 4.39 Å². The van der Waals surface area contributed by atoms with Crippen molar-refractivity contribution in [2.75, 3.05) is 13.1 Å². The van der Waals surface area contributed by atoms with Crippen molar-refractivity contribution in [1.82, 2.24) is 25.4 Å². The second kappa shape index (κ2) is 8.09. The van der Waals surface area contributed by atoms with Gasteiger partial charge in [-0.3, -0.25) is 0 Å². The van der Waals surface area contributed by atoms with Gasteiger partial charge < -0.3 is 15.2 Å². The van der Waals surface area contributed by atoms with Crippen molar-refractivity contribution in [2.45, 2.75) is 39.7 Å². The molecule has 0 radical (unpaired) electrons. The second-order valence-corrected chi connectivity index (χ2v) is 6.67. The Morgan fingerprint density at radius 1 is 1.28 bits per heavy atom. The highest BCUT2D eigenvalue weighted by molar-refractivity contribution is 5.79. The van der Waals surface area contributed by atoms with Gasteiger partial charge in [-0.2, -0.15) is 0 Å². The summed E-state index contributed by atoms with van der Waals surface area (Å²) in [5.41, 5.74) is 0.708. The van der Waals surface area contributed by atoms with Crippen LogP contribution >= 0.6 is 0 Å². The molecule has 0 saturated heterocycles. The van der Waals surface area contributed by atoms with Crippen molar-refractivity contribution in [1.29, 1.82) is 0 Å². The number of nitrogens with one attached hydrogen (secondary N) is 2. The molecule has 2 N–H and O–H groups in total. The smallest absolute Gasteiger partial charge is 0.191 e. The Balaban J connectivity index is 2.05. The lowest BCUT2D eigenvalue weighted by Crippen LogP contribution is -2.43. The van der Waals surface area contributed by atoms with E-state index < -0.39 is 0 Å². The van der Waals surface area contributed by atoms with Gasteiger partial charge in [-0.25, -0.2) is 9.38 Å². The molecule has 0 unspecified atom stereocenters. The van der Waals surface area contributed by atoms with E-state index in [-0.39, 0.29) is 11.2 Å². The van der Waals surface area contributed by atoms with Gasteiger partial charge in [0.25, 0.3) is 0 Å². The van der Waals surface area contributed by atoms with Crippen LogP contribution in [0, 0.1) is 12.7 Å². The molecule has 6 nitrogen and oxygen atoms in total. The van der Waals surface area contributed by atoms with E-state index in [9.17, 15) is 4.39 Å². The summed E-state index contributed by atoms with van der Waals surface area (Å²) in [6.07, 6.45) is 0. The molecular weight excluding hydrogens is 319 g/mol. The number of halogens is 1. The normalized spacial score (nSPS) is 12.3. The Kier molecular flexibility index (Phi) is 6.12. The summed E-state index contributed by atoms with van der Waals surface area (Å²) >= 11 is 0. The first-order valence-corrected chi connectivity index (χ1v) is 8.46. The first kappa shape index (κ1) is 18.9. The number of aliphatic imine (C=N–C) groups is 1. The number of nitrogens with zero attached hydrogens (tertiary/aromatic N) is 4. The van der Waals surface area contributed by atoms with Crippen molar-refractivity contribution >= 4 is 5.96 Å². The summed E-state index contributed by atoms with van der Waals surface area (Å²) < 4.78 is 15.4. The van der Waals surface area contributed by atoms with E-state index in [1.165, 1.54) is 6.07 Å². The Bertz CT molecular complexity index is 735. The van der Waals surface area contributed by atoms with Crippen LogP contribution in [-0.4, -0.2) is 33.8 Å². The Labute approximate surface area is 148 Å². The van der Waals surface area contributed by atoms with Gasteiger partial charge in [0.15, 0.2) is 11.8 Å². The third-order valence-corrected chi connectivity index (χ3v) is 4.21. The number of aryl methyl sites for hydroxylation is 1. The molecule has 136 valence electrons.